The number of ether oxygens (including phenoxy) is 1. The number of rotatable bonds is 5. The molecule has 0 aliphatic rings. The minimum absolute atomic E-state index is 0.624. The molecule has 0 saturated carbocycles. The van der Waals surface area contributed by atoms with Crippen LogP contribution >= 0.6 is 15.9 Å². The number of para-hydroxylation sites is 1. The van der Waals surface area contributed by atoms with E-state index < -0.39 is 0 Å². The lowest BCUT2D eigenvalue weighted by Crippen LogP contribution is -1.95. The fraction of sp³-hybridized carbons (Fsp3) is 0.200. The summed E-state index contributed by atoms with van der Waals surface area (Å²) in [5.41, 5.74) is 2.55. The molecule has 2 aromatic rings. The van der Waals surface area contributed by atoms with Gasteiger partial charge >= 0.3 is 0 Å². The second-order valence-corrected chi connectivity index (χ2v) is 4.65. The van der Waals surface area contributed by atoms with E-state index in [1.807, 2.05) is 30.3 Å². The molecule has 0 heterocycles. The molecule has 0 saturated heterocycles. The van der Waals surface area contributed by atoms with Crippen LogP contribution in [0, 0.1) is 0 Å². The summed E-state index contributed by atoms with van der Waals surface area (Å²) in [7, 11) is 0. The third-order valence-corrected chi connectivity index (χ3v) is 2.95. The van der Waals surface area contributed by atoms with Crippen molar-refractivity contribution in [2.45, 2.75) is 13.0 Å². The molecule has 0 aliphatic heterocycles. The summed E-state index contributed by atoms with van der Waals surface area (Å²) in [4.78, 5) is 0. The third-order valence-electron chi connectivity index (χ3n) is 2.55. The maximum absolute atomic E-state index is 5.68. The van der Waals surface area contributed by atoms with Gasteiger partial charge in [0.05, 0.1) is 0 Å². The van der Waals surface area contributed by atoms with E-state index in [-0.39, 0.29) is 0 Å². The van der Waals surface area contributed by atoms with Crippen molar-refractivity contribution < 1.29 is 4.74 Å². The van der Waals surface area contributed by atoms with Crippen molar-refractivity contribution in [3.63, 3.8) is 0 Å². The van der Waals surface area contributed by atoms with Crippen molar-refractivity contribution in [2.75, 3.05) is 5.33 Å². The van der Waals surface area contributed by atoms with Gasteiger partial charge in [-0.05, 0) is 29.7 Å². The van der Waals surface area contributed by atoms with Gasteiger partial charge in [-0.1, -0.05) is 58.4 Å². The molecular weight excluding hydrogens is 276 g/mol. The molecule has 0 fully saturated rings. The molecule has 0 radical (unpaired) electrons. The Bertz CT molecular complexity index is 436. The van der Waals surface area contributed by atoms with Crippen LogP contribution in [0.5, 0.6) is 5.75 Å². The van der Waals surface area contributed by atoms with Gasteiger partial charge in [0, 0.05) is 5.33 Å². The van der Waals surface area contributed by atoms with Crippen LogP contribution in [-0.4, -0.2) is 5.33 Å². The van der Waals surface area contributed by atoms with Crippen LogP contribution in [0.15, 0.2) is 54.6 Å². The highest BCUT2D eigenvalue weighted by molar-refractivity contribution is 9.09. The minimum Gasteiger partial charge on any atom is -0.489 e. The molecule has 0 unspecified atom stereocenters. The van der Waals surface area contributed by atoms with Gasteiger partial charge in [-0.25, -0.2) is 0 Å². The molecule has 0 amide bonds. The Morgan fingerprint density at radius 2 is 1.47 bits per heavy atom. The summed E-state index contributed by atoms with van der Waals surface area (Å²) in [5, 5.41) is 1.01. The molecule has 0 spiro atoms. The predicted molar refractivity (Wildman–Crippen MR) is 74.7 cm³/mol. The monoisotopic (exact) mass is 290 g/mol. The molecule has 2 rings (SSSR count). The van der Waals surface area contributed by atoms with Gasteiger partial charge in [0.1, 0.15) is 12.4 Å². The number of halogens is 1. The lowest BCUT2D eigenvalue weighted by atomic mass is 10.1. The first-order valence-corrected chi connectivity index (χ1v) is 6.82. The first-order chi connectivity index (χ1) is 8.38. The average Bonchev–Trinajstić information content (AvgIpc) is 2.40. The zero-order valence-electron chi connectivity index (χ0n) is 9.60. The molecule has 0 aromatic heterocycles. The number of benzene rings is 2. The largest absolute Gasteiger partial charge is 0.489 e. The SMILES string of the molecule is BrCCc1ccc(COc2ccccc2)cc1. The van der Waals surface area contributed by atoms with Crippen LogP contribution in [-0.2, 0) is 13.0 Å². The number of alkyl halides is 1. The molecule has 2 aromatic carbocycles. The van der Waals surface area contributed by atoms with Crippen molar-refractivity contribution in [3.8, 4) is 5.75 Å². The Balaban J connectivity index is 1.91. The maximum Gasteiger partial charge on any atom is 0.119 e. The highest BCUT2D eigenvalue weighted by Gasteiger charge is 1.96. The van der Waals surface area contributed by atoms with Gasteiger partial charge in [-0.2, -0.15) is 0 Å². The third kappa shape index (κ3) is 3.90. The lowest BCUT2D eigenvalue weighted by Gasteiger charge is -2.06. The second kappa shape index (κ2) is 6.45. The normalized spacial score (nSPS) is 10.2. The molecule has 0 N–H and O–H groups in total. The summed E-state index contributed by atoms with van der Waals surface area (Å²) < 4.78 is 5.68. The van der Waals surface area contributed by atoms with Crippen molar-refractivity contribution in [1.29, 1.82) is 0 Å². The van der Waals surface area contributed by atoms with Crippen molar-refractivity contribution in [3.05, 3.63) is 65.7 Å². The Labute approximate surface area is 111 Å². The van der Waals surface area contributed by atoms with Gasteiger partial charge in [-0.3, -0.25) is 0 Å². The van der Waals surface area contributed by atoms with E-state index in [4.69, 9.17) is 4.74 Å². The summed E-state index contributed by atoms with van der Waals surface area (Å²) >= 11 is 3.44. The van der Waals surface area contributed by atoms with Crippen LogP contribution in [0.3, 0.4) is 0 Å². The van der Waals surface area contributed by atoms with Crippen LogP contribution in [0.1, 0.15) is 11.1 Å². The molecular formula is C15H15BrO. The van der Waals surface area contributed by atoms with E-state index in [0.29, 0.717) is 6.61 Å². The molecule has 2 heteroatoms. The van der Waals surface area contributed by atoms with E-state index in [1.165, 1.54) is 11.1 Å². The lowest BCUT2D eigenvalue weighted by molar-refractivity contribution is 0.306. The Kier molecular flexibility index (Phi) is 4.63. The first kappa shape index (κ1) is 12.2. The number of hydrogen-bond donors (Lipinski definition) is 0. The summed E-state index contributed by atoms with van der Waals surface area (Å²) in [6.07, 6.45) is 1.07. The fourth-order valence-electron chi connectivity index (χ4n) is 1.59. The fourth-order valence-corrected chi connectivity index (χ4v) is 2.05. The first-order valence-electron chi connectivity index (χ1n) is 5.70. The van der Waals surface area contributed by atoms with Crippen molar-refractivity contribution in [1.82, 2.24) is 0 Å². The Morgan fingerprint density at radius 1 is 0.824 bits per heavy atom. The molecule has 1 nitrogen and oxygen atoms in total. The van der Waals surface area contributed by atoms with Crippen molar-refractivity contribution >= 4 is 15.9 Å². The number of hydrogen-bond acceptors (Lipinski definition) is 1. The Morgan fingerprint density at radius 3 is 2.12 bits per heavy atom. The standard InChI is InChI=1S/C15H15BrO/c16-11-10-13-6-8-14(9-7-13)12-17-15-4-2-1-3-5-15/h1-9H,10-12H2. The summed E-state index contributed by atoms with van der Waals surface area (Å²) in [6.45, 7) is 0.624. The molecule has 88 valence electrons. The van der Waals surface area contributed by atoms with Crippen LogP contribution in [0.2, 0.25) is 0 Å². The quantitative estimate of drug-likeness (QED) is 0.750. The summed E-state index contributed by atoms with van der Waals surface area (Å²) in [5.74, 6) is 0.914. The van der Waals surface area contributed by atoms with Gasteiger partial charge in [-0.15, -0.1) is 0 Å². The minimum atomic E-state index is 0.624. The highest BCUT2D eigenvalue weighted by atomic mass is 79.9. The zero-order valence-corrected chi connectivity index (χ0v) is 11.2. The molecule has 17 heavy (non-hydrogen) atoms. The van der Waals surface area contributed by atoms with E-state index in [9.17, 15) is 0 Å². The molecule has 0 bridgehead atoms. The summed E-state index contributed by atoms with van der Waals surface area (Å²) in [6, 6.07) is 18.5. The topological polar surface area (TPSA) is 9.23 Å². The van der Waals surface area contributed by atoms with Gasteiger partial charge in [0.15, 0.2) is 0 Å². The number of aryl methyl sites for hydroxylation is 1. The zero-order chi connectivity index (χ0) is 11.9. The van der Waals surface area contributed by atoms with E-state index in [2.05, 4.69) is 40.2 Å². The van der Waals surface area contributed by atoms with Crippen LogP contribution < -0.4 is 4.74 Å². The van der Waals surface area contributed by atoms with Gasteiger partial charge < -0.3 is 4.74 Å². The maximum atomic E-state index is 5.68. The van der Waals surface area contributed by atoms with Crippen LogP contribution in [0.25, 0.3) is 0 Å². The van der Waals surface area contributed by atoms with Gasteiger partial charge in [0.25, 0.3) is 0 Å². The second-order valence-electron chi connectivity index (χ2n) is 3.86. The van der Waals surface area contributed by atoms with Crippen LogP contribution in [0.4, 0.5) is 0 Å². The van der Waals surface area contributed by atoms with E-state index in [0.717, 1.165) is 17.5 Å². The molecule has 0 aliphatic carbocycles. The Hall–Kier alpha value is -1.28. The molecule has 0 atom stereocenters. The average molecular weight is 291 g/mol. The van der Waals surface area contributed by atoms with E-state index in [1.54, 1.807) is 0 Å². The van der Waals surface area contributed by atoms with E-state index >= 15 is 0 Å². The smallest absolute Gasteiger partial charge is 0.119 e. The highest BCUT2D eigenvalue weighted by Crippen LogP contribution is 2.12. The van der Waals surface area contributed by atoms with Crippen molar-refractivity contribution in [2.24, 2.45) is 0 Å². The predicted octanol–water partition coefficient (Wildman–Crippen LogP) is 4.20. The van der Waals surface area contributed by atoms with Gasteiger partial charge in [0.2, 0.25) is 0 Å².